The highest BCUT2D eigenvalue weighted by Crippen LogP contribution is 2.39. The molecule has 1 aromatic carbocycles. The van der Waals surface area contributed by atoms with E-state index in [1.54, 1.807) is 0 Å². The number of fused-ring (bicyclic) bond motifs is 1. The Hall–Kier alpha value is -2.50. The van der Waals surface area contributed by atoms with Gasteiger partial charge in [-0.15, -0.1) is 0 Å². The molecule has 1 fully saturated rings. The maximum atomic E-state index is 12.4. The van der Waals surface area contributed by atoms with Crippen LogP contribution in [0.2, 0.25) is 0 Å². The maximum absolute atomic E-state index is 12.4. The van der Waals surface area contributed by atoms with E-state index in [-0.39, 0.29) is 5.78 Å². The van der Waals surface area contributed by atoms with E-state index in [1.165, 1.54) is 12.7 Å². The summed E-state index contributed by atoms with van der Waals surface area (Å²) in [5.41, 5.74) is 0.222. The largest absolute Gasteiger partial charge is 0.484 e. The monoisotopic (exact) mass is 282 g/mol. The second-order valence-electron chi connectivity index (χ2n) is 5.49. The molecular formula is C15H14N4O2. The van der Waals surface area contributed by atoms with Crippen molar-refractivity contribution in [3.05, 3.63) is 42.5 Å². The third-order valence-electron chi connectivity index (χ3n) is 4.08. The highest BCUT2D eigenvalue weighted by molar-refractivity contribution is 6.00. The molecule has 0 bridgehead atoms. The normalized spacial score (nSPS) is 24.0. The number of carbonyl (C=O) groups is 1. The molecule has 0 saturated carbocycles. The van der Waals surface area contributed by atoms with Crippen LogP contribution in [0.5, 0.6) is 5.75 Å². The van der Waals surface area contributed by atoms with Gasteiger partial charge in [0.05, 0.1) is 18.5 Å². The molecule has 1 saturated heterocycles. The van der Waals surface area contributed by atoms with Crippen LogP contribution in [0.25, 0.3) is 0 Å². The lowest BCUT2D eigenvalue weighted by Crippen LogP contribution is -2.44. The summed E-state index contributed by atoms with van der Waals surface area (Å²) in [5, 5.41) is 0. The van der Waals surface area contributed by atoms with E-state index in [2.05, 4.69) is 15.0 Å². The van der Waals surface area contributed by atoms with Crippen molar-refractivity contribution in [2.24, 2.45) is 0 Å². The van der Waals surface area contributed by atoms with Gasteiger partial charge in [0.25, 0.3) is 0 Å². The van der Waals surface area contributed by atoms with Crippen molar-refractivity contribution in [3.8, 4) is 5.75 Å². The lowest BCUT2D eigenvalue weighted by Gasteiger charge is -2.34. The molecule has 0 unspecified atom stereocenters. The van der Waals surface area contributed by atoms with Crippen molar-refractivity contribution >= 4 is 11.7 Å². The summed E-state index contributed by atoms with van der Waals surface area (Å²) in [7, 11) is 0. The SMILES string of the molecule is O=C1C[C@]2(CCN(c3ncncn3)C2)Oc2ccccc21. The number of carbonyl (C=O) groups excluding carboxylic acids is 1. The fourth-order valence-corrected chi connectivity index (χ4v) is 3.08. The summed E-state index contributed by atoms with van der Waals surface area (Å²) in [5.74, 6) is 1.47. The number of Topliss-reactive ketones (excluding diaryl/α,β-unsaturated/α-hetero) is 1. The van der Waals surface area contributed by atoms with E-state index in [9.17, 15) is 4.79 Å². The van der Waals surface area contributed by atoms with Crippen LogP contribution in [0.1, 0.15) is 23.2 Å². The minimum Gasteiger partial charge on any atom is -0.484 e. The number of rotatable bonds is 1. The molecule has 1 spiro atoms. The van der Waals surface area contributed by atoms with E-state index >= 15 is 0 Å². The number of nitrogens with zero attached hydrogens (tertiary/aromatic N) is 4. The predicted molar refractivity (Wildman–Crippen MR) is 75.4 cm³/mol. The van der Waals surface area contributed by atoms with E-state index in [1.807, 2.05) is 29.2 Å². The maximum Gasteiger partial charge on any atom is 0.228 e. The number of aromatic nitrogens is 3. The van der Waals surface area contributed by atoms with Crippen LogP contribution < -0.4 is 9.64 Å². The second kappa shape index (κ2) is 4.51. The molecule has 1 atom stereocenters. The Kier molecular flexibility index (Phi) is 2.63. The lowest BCUT2D eigenvalue weighted by atomic mass is 9.89. The summed E-state index contributed by atoms with van der Waals surface area (Å²) in [4.78, 5) is 26.6. The van der Waals surface area contributed by atoms with Gasteiger partial charge in [-0.1, -0.05) is 12.1 Å². The number of benzene rings is 1. The fraction of sp³-hybridized carbons (Fsp3) is 0.333. The molecule has 2 aliphatic rings. The van der Waals surface area contributed by atoms with Crippen LogP contribution in [-0.2, 0) is 0 Å². The first-order valence-electron chi connectivity index (χ1n) is 6.94. The first-order chi connectivity index (χ1) is 10.3. The molecule has 4 rings (SSSR count). The van der Waals surface area contributed by atoms with Gasteiger partial charge in [-0.3, -0.25) is 4.79 Å². The first kappa shape index (κ1) is 12.3. The molecule has 6 nitrogen and oxygen atoms in total. The standard InChI is InChI=1S/C15H14N4O2/c20-12-7-15(21-13-4-2-1-3-11(12)13)5-6-19(8-15)14-17-9-16-10-18-14/h1-4,9-10H,5-8H2/t15-/m0/s1. The van der Waals surface area contributed by atoms with Crippen LogP contribution in [0, 0.1) is 0 Å². The average Bonchev–Trinajstić information content (AvgIpc) is 2.91. The second-order valence-corrected chi connectivity index (χ2v) is 5.49. The highest BCUT2D eigenvalue weighted by atomic mass is 16.5. The molecule has 0 radical (unpaired) electrons. The fourth-order valence-electron chi connectivity index (χ4n) is 3.08. The smallest absolute Gasteiger partial charge is 0.228 e. The number of para-hydroxylation sites is 1. The van der Waals surface area contributed by atoms with Gasteiger partial charge in [0.15, 0.2) is 5.78 Å². The van der Waals surface area contributed by atoms with E-state index in [0.29, 0.717) is 30.2 Å². The van der Waals surface area contributed by atoms with Gasteiger partial charge in [-0.2, -0.15) is 0 Å². The summed E-state index contributed by atoms with van der Waals surface area (Å²) in [6.07, 6.45) is 4.16. The molecular weight excluding hydrogens is 268 g/mol. The van der Waals surface area contributed by atoms with Gasteiger partial charge >= 0.3 is 0 Å². The molecule has 106 valence electrons. The van der Waals surface area contributed by atoms with Gasteiger partial charge in [0.1, 0.15) is 24.0 Å². The first-order valence-corrected chi connectivity index (χ1v) is 6.94. The quantitative estimate of drug-likeness (QED) is 0.789. The van der Waals surface area contributed by atoms with Crippen LogP contribution >= 0.6 is 0 Å². The number of hydrogen-bond acceptors (Lipinski definition) is 6. The summed E-state index contributed by atoms with van der Waals surface area (Å²) >= 11 is 0. The minimum atomic E-state index is -0.460. The zero-order chi connectivity index (χ0) is 14.3. The molecule has 0 N–H and O–H groups in total. The van der Waals surface area contributed by atoms with Crippen LogP contribution in [0.3, 0.4) is 0 Å². The molecule has 3 heterocycles. The van der Waals surface area contributed by atoms with Gasteiger partial charge in [-0.05, 0) is 12.1 Å². The molecule has 1 aromatic heterocycles. The topological polar surface area (TPSA) is 68.2 Å². The van der Waals surface area contributed by atoms with E-state index in [0.717, 1.165) is 13.0 Å². The van der Waals surface area contributed by atoms with Crippen molar-refractivity contribution in [1.82, 2.24) is 15.0 Å². The highest BCUT2D eigenvalue weighted by Gasteiger charge is 2.46. The molecule has 2 aromatic rings. The summed E-state index contributed by atoms with van der Waals surface area (Å²) < 4.78 is 6.17. The van der Waals surface area contributed by atoms with Crippen LogP contribution in [0.4, 0.5) is 5.95 Å². The number of ketones is 1. The van der Waals surface area contributed by atoms with Crippen molar-refractivity contribution in [2.45, 2.75) is 18.4 Å². The Morgan fingerprint density at radius 2 is 2.00 bits per heavy atom. The molecule has 2 aliphatic heterocycles. The zero-order valence-electron chi connectivity index (χ0n) is 11.4. The van der Waals surface area contributed by atoms with Gasteiger partial charge < -0.3 is 9.64 Å². The average molecular weight is 282 g/mol. The summed E-state index contributed by atoms with van der Waals surface area (Å²) in [6.45, 7) is 1.40. The van der Waals surface area contributed by atoms with Crippen molar-refractivity contribution in [3.63, 3.8) is 0 Å². The van der Waals surface area contributed by atoms with Crippen molar-refractivity contribution in [1.29, 1.82) is 0 Å². The third kappa shape index (κ3) is 2.03. The van der Waals surface area contributed by atoms with Gasteiger partial charge in [0.2, 0.25) is 5.95 Å². The van der Waals surface area contributed by atoms with E-state index in [4.69, 9.17) is 4.74 Å². The zero-order valence-corrected chi connectivity index (χ0v) is 11.4. The molecule has 0 aliphatic carbocycles. The Bertz CT molecular complexity index is 691. The van der Waals surface area contributed by atoms with Crippen LogP contribution in [0.15, 0.2) is 36.9 Å². The number of ether oxygens (including phenoxy) is 1. The number of hydrogen-bond donors (Lipinski definition) is 0. The molecule has 21 heavy (non-hydrogen) atoms. The molecule has 0 amide bonds. The Labute approximate surface area is 121 Å². The third-order valence-corrected chi connectivity index (χ3v) is 4.08. The van der Waals surface area contributed by atoms with E-state index < -0.39 is 5.60 Å². The summed E-state index contributed by atoms with van der Waals surface area (Å²) in [6, 6.07) is 7.44. The number of anilines is 1. The Balaban J connectivity index is 1.62. The van der Waals surface area contributed by atoms with Gasteiger partial charge in [-0.25, -0.2) is 15.0 Å². The van der Waals surface area contributed by atoms with Crippen molar-refractivity contribution < 1.29 is 9.53 Å². The predicted octanol–water partition coefficient (Wildman–Crippen LogP) is 1.49. The molecule has 6 heteroatoms. The van der Waals surface area contributed by atoms with Gasteiger partial charge in [0, 0.05) is 13.0 Å². The lowest BCUT2D eigenvalue weighted by molar-refractivity contribution is 0.0538. The Morgan fingerprint density at radius 3 is 2.86 bits per heavy atom. The minimum absolute atomic E-state index is 0.148. The Morgan fingerprint density at radius 1 is 1.19 bits per heavy atom. The van der Waals surface area contributed by atoms with Crippen molar-refractivity contribution in [2.75, 3.05) is 18.0 Å². The van der Waals surface area contributed by atoms with Crippen LogP contribution in [-0.4, -0.2) is 39.4 Å².